The van der Waals surface area contributed by atoms with Gasteiger partial charge in [0.05, 0.1) is 12.8 Å². The quantitative estimate of drug-likeness (QED) is 0.404. The smallest absolute Gasteiger partial charge is 0.259 e. The second-order valence-corrected chi connectivity index (χ2v) is 5.05. The number of hydrogen-bond acceptors (Lipinski definition) is 8. The van der Waals surface area contributed by atoms with Crippen LogP contribution in [0.1, 0.15) is 11.1 Å². The molecular formula is C16H15N5O4. The third kappa shape index (κ3) is 4.67. The van der Waals surface area contributed by atoms with E-state index in [4.69, 9.17) is 0 Å². The van der Waals surface area contributed by atoms with Crippen molar-refractivity contribution >= 4 is 29.2 Å². The molecule has 1 amide bonds. The van der Waals surface area contributed by atoms with Crippen LogP contribution in [0, 0.1) is 16.7 Å². The van der Waals surface area contributed by atoms with Crippen LogP contribution in [0.2, 0.25) is 0 Å². The van der Waals surface area contributed by atoms with Crippen LogP contribution in [-0.4, -0.2) is 23.8 Å². The molecule has 0 fully saturated rings. The molecule has 2 rings (SSSR count). The number of rotatable bonds is 7. The summed E-state index contributed by atoms with van der Waals surface area (Å²) in [4.78, 5) is 32.9. The Kier molecular flexibility index (Phi) is 5.88. The molecule has 0 saturated carbocycles. The van der Waals surface area contributed by atoms with Crippen molar-refractivity contribution < 1.29 is 9.90 Å². The number of nitroso groups, excluding NO2 is 2. The zero-order valence-electron chi connectivity index (χ0n) is 13.3. The maximum absolute atomic E-state index is 11.8. The fourth-order valence-corrected chi connectivity index (χ4v) is 2.01. The lowest BCUT2D eigenvalue weighted by molar-refractivity contribution is -0.119. The average molecular weight is 341 g/mol. The number of nitrogens with one attached hydrogen (secondary N) is 2. The number of hydrogen-bond donors (Lipinski definition) is 3. The minimum Gasteiger partial charge on any atom is -0.505 e. The van der Waals surface area contributed by atoms with Crippen LogP contribution in [-0.2, 0) is 4.79 Å². The zero-order chi connectivity index (χ0) is 18.2. The van der Waals surface area contributed by atoms with E-state index in [-0.39, 0.29) is 23.5 Å². The lowest BCUT2D eigenvalue weighted by atomic mass is 10.1. The molecule has 3 N–H and O–H groups in total. The first-order chi connectivity index (χ1) is 12.0. The van der Waals surface area contributed by atoms with Gasteiger partial charge >= 0.3 is 0 Å². The topological polar surface area (TPSA) is 133 Å². The maximum Gasteiger partial charge on any atom is 0.259 e. The molecule has 0 aliphatic rings. The number of para-hydroxylation sites is 1. The predicted octanol–water partition coefficient (Wildman–Crippen LogP) is 3.06. The molecule has 128 valence electrons. The van der Waals surface area contributed by atoms with Gasteiger partial charge in [-0.1, -0.05) is 18.2 Å². The van der Waals surface area contributed by atoms with Crippen LogP contribution < -0.4 is 10.7 Å². The molecule has 25 heavy (non-hydrogen) atoms. The van der Waals surface area contributed by atoms with Gasteiger partial charge in [-0.15, -0.1) is 9.81 Å². The molecule has 0 radical (unpaired) electrons. The fraction of sp³-hybridized carbons (Fsp3) is 0.125. The van der Waals surface area contributed by atoms with E-state index < -0.39 is 11.7 Å². The number of phenols is 1. The fourth-order valence-electron chi connectivity index (χ4n) is 2.01. The van der Waals surface area contributed by atoms with E-state index in [1.165, 1.54) is 6.07 Å². The standard InChI is InChI=1S/C16H15N5O4/c1-10-4-2-3-5-13(10)17-9-15(22)19-18-8-11-6-12(20-24)7-14(21-25)16(11)23/h2-8,17,23H,9H2,1H3,(H,19,22). The van der Waals surface area contributed by atoms with Gasteiger partial charge < -0.3 is 10.4 Å². The summed E-state index contributed by atoms with van der Waals surface area (Å²) in [6.07, 6.45) is 1.09. The second kappa shape index (κ2) is 8.29. The molecule has 9 nitrogen and oxygen atoms in total. The summed E-state index contributed by atoms with van der Waals surface area (Å²) >= 11 is 0. The summed E-state index contributed by atoms with van der Waals surface area (Å²) in [6, 6.07) is 9.74. The molecule has 0 unspecified atom stereocenters. The van der Waals surface area contributed by atoms with Gasteiger partial charge in [0.15, 0.2) is 11.4 Å². The summed E-state index contributed by atoms with van der Waals surface area (Å²) in [6.45, 7) is 1.90. The maximum atomic E-state index is 11.8. The van der Waals surface area contributed by atoms with Gasteiger partial charge in [0.25, 0.3) is 5.91 Å². The molecule has 0 aromatic heterocycles. The van der Waals surface area contributed by atoms with Gasteiger partial charge in [-0.05, 0) is 35.0 Å². The van der Waals surface area contributed by atoms with Crippen LogP contribution in [0.4, 0.5) is 17.1 Å². The van der Waals surface area contributed by atoms with Crippen molar-refractivity contribution in [3.05, 3.63) is 57.3 Å². The first-order valence-corrected chi connectivity index (χ1v) is 7.20. The first-order valence-electron chi connectivity index (χ1n) is 7.20. The van der Waals surface area contributed by atoms with Gasteiger partial charge in [0.1, 0.15) is 5.69 Å². The second-order valence-electron chi connectivity index (χ2n) is 5.05. The van der Waals surface area contributed by atoms with Crippen molar-refractivity contribution in [2.75, 3.05) is 11.9 Å². The molecule has 0 bridgehead atoms. The zero-order valence-corrected chi connectivity index (χ0v) is 13.3. The van der Waals surface area contributed by atoms with Gasteiger partial charge in [0, 0.05) is 17.3 Å². The summed E-state index contributed by atoms with van der Waals surface area (Å²) in [5, 5.41) is 21.7. The van der Waals surface area contributed by atoms with Crippen molar-refractivity contribution in [2.45, 2.75) is 6.92 Å². The molecule has 0 spiro atoms. The van der Waals surface area contributed by atoms with E-state index in [9.17, 15) is 19.7 Å². The molecule has 0 saturated heterocycles. The number of carbonyl (C=O) groups is 1. The number of hydrazone groups is 1. The van der Waals surface area contributed by atoms with E-state index >= 15 is 0 Å². The molecule has 2 aromatic rings. The largest absolute Gasteiger partial charge is 0.505 e. The van der Waals surface area contributed by atoms with Crippen molar-refractivity contribution in [1.82, 2.24) is 5.43 Å². The van der Waals surface area contributed by atoms with E-state index in [0.717, 1.165) is 23.5 Å². The molecule has 0 heterocycles. The summed E-state index contributed by atoms with van der Waals surface area (Å²) in [7, 11) is 0. The Morgan fingerprint density at radius 2 is 1.96 bits per heavy atom. The lowest BCUT2D eigenvalue weighted by Crippen LogP contribution is -2.26. The average Bonchev–Trinajstić information content (AvgIpc) is 2.62. The Hall–Kier alpha value is -3.62. The minimum atomic E-state index is -0.460. The predicted molar refractivity (Wildman–Crippen MR) is 94.4 cm³/mol. The summed E-state index contributed by atoms with van der Waals surface area (Å²) in [5.41, 5.74) is 3.67. The first kappa shape index (κ1) is 17.7. The number of benzene rings is 2. The number of aromatic hydroxyl groups is 1. The Bertz CT molecular complexity index is 835. The normalized spacial score (nSPS) is 10.4. The van der Waals surface area contributed by atoms with Gasteiger partial charge in [-0.2, -0.15) is 5.10 Å². The molecule has 0 aliphatic heterocycles. The van der Waals surface area contributed by atoms with Crippen LogP contribution >= 0.6 is 0 Å². The highest BCUT2D eigenvalue weighted by Crippen LogP contribution is 2.33. The molecule has 0 atom stereocenters. The summed E-state index contributed by atoms with van der Waals surface area (Å²) < 4.78 is 0. The Morgan fingerprint density at radius 3 is 2.64 bits per heavy atom. The van der Waals surface area contributed by atoms with Crippen LogP contribution in [0.3, 0.4) is 0 Å². The third-order valence-corrected chi connectivity index (χ3v) is 3.29. The van der Waals surface area contributed by atoms with Crippen molar-refractivity contribution in [1.29, 1.82) is 0 Å². The molecule has 0 aliphatic carbocycles. The SMILES string of the molecule is Cc1ccccc1NCC(=O)NN=Cc1cc(N=O)cc(N=O)c1O. The molecular weight excluding hydrogens is 326 g/mol. The number of amides is 1. The van der Waals surface area contributed by atoms with Crippen molar-refractivity contribution in [2.24, 2.45) is 15.5 Å². The monoisotopic (exact) mass is 341 g/mol. The van der Waals surface area contributed by atoms with E-state index in [0.29, 0.717) is 0 Å². The molecule has 9 heteroatoms. The Balaban J connectivity index is 1.98. The van der Waals surface area contributed by atoms with E-state index in [2.05, 4.69) is 26.2 Å². The number of anilines is 1. The highest BCUT2D eigenvalue weighted by Gasteiger charge is 2.10. The van der Waals surface area contributed by atoms with E-state index in [1.807, 2.05) is 31.2 Å². The van der Waals surface area contributed by atoms with Crippen molar-refractivity contribution in [3.63, 3.8) is 0 Å². The number of phenolic OH excluding ortho intramolecular Hbond substituents is 1. The summed E-state index contributed by atoms with van der Waals surface area (Å²) in [5.74, 6) is -0.879. The van der Waals surface area contributed by atoms with Crippen LogP contribution in [0.5, 0.6) is 5.75 Å². The van der Waals surface area contributed by atoms with Crippen molar-refractivity contribution in [3.8, 4) is 5.75 Å². The van der Waals surface area contributed by atoms with Crippen LogP contribution in [0.25, 0.3) is 0 Å². The minimum absolute atomic E-state index is 0.00868. The number of nitrogens with zero attached hydrogens (tertiary/aromatic N) is 3. The highest BCUT2D eigenvalue weighted by atomic mass is 16.3. The highest BCUT2D eigenvalue weighted by molar-refractivity contribution is 5.89. The van der Waals surface area contributed by atoms with Crippen LogP contribution in [0.15, 0.2) is 51.9 Å². The van der Waals surface area contributed by atoms with Gasteiger partial charge in [0.2, 0.25) is 0 Å². The molecule has 2 aromatic carbocycles. The Labute approximate surface area is 142 Å². The van der Waals surface area contributed by atoms with E-state index in [1.54, 1.807) is 0 Å². The number of aryl methyl sites for hydroxylation is 1. The lowest BCUT2D eigenvalue weighted by Gasteiger charge is -2.08. The number of carbonyl (C=O) groups excluding carboxylic acids is 1. The van der Waals surface area contributed by atoms with Gasteiger partial charge in [-0.3, -0.25) is 4.79 Å². The third-order valence-electron chi connectivity index (χ3n) is 3.29. The van der Waals surface area contributed by atoms with Gasteiger partial charge in [-0.25, -0.2) is 5.43 Å². The Morgan fingerprint density at radius 1 is 1.20 bits per heavy atom.